The maximum atomic E-state index is 5.48. The molecule has 53 heavy (non-hydrogen) atoms. The molecule has 0 radical (unpaired) electrons. The van der Waals surface area contributed by atoms with Gasteiger partial charge in [-0.2, -0.15) is 0 Å². The predicted molar refractivity (Wildman–Crippen MR) is 221 cm³/mol. The molecule has 13 rings (SSSR count). The molecule has 0 saturated heterocycles. The minimum absolute atomic E-state index is 0.970. The maximum Gasteiger partial charge on any atom is 0.148 e. The van der Waals surface area contributed by atoms with Gasteiger partial charge < -0.3 is 4.57 Å². The molecule has 0 atom stereocenters. The smallest absolute Gasteiger partial charge is 0.148 e. The summed E-state index contributed by atoms with van der Waals surface area (Å²) in [6.45, 7) is 0. The molecule has 0 fully saturated rings. The van der Waals surface area contributed by atoms with Crippen molar-refractivity contribution in [2.24, 2.45) is 0 Å². The van der Waals surface area contributed by atoms with Gasteiger partial charge in [-0.25, -0.2) is 4.98 Å². The quantitative estimate of drug-likeness (QED) is 0.180. The van der Waals surface area contributed by atoms with E-state index in [1.807, 2.05) is 0 Å². The van der Waals surface area contributed by atoms with Crippen LogP contribution >= 0.6 is 0 Å². The predicted octanol–water partition coefficient (Wildman–Crippen LogP) is 12.6. The number of hydrogen-bond donors (Lipinski definition) is 0. The first-order valence-corrected chi connectivity index (χ1v) is 18.2. The van der Waals surface area contributed by atoms with Crippen LogP contribution in [0.15, 0.2) is 170 Å². The van der Waals surface area contributed by atoms with Crippen LogP contribution in [-0.4, -0.2) is 18.5 Å². The van der Waals surface area contributed by atoms with E-state index in [0.29, 0.717) is 0 Å². The summed E-state index contributed by atoms with van der Waals surface area (Å²) in [5, 5.41) is 9.89. The Kier molecular flexibility index (Phi) is 5.08. The fourth-order valence-electron chi connectivity index (χ4n) is 9.66. The number of para-hydroxylation sites is 5. The highest BCUT2D eigenvalue weighted by atomic mass is 15.1. The molecule has 244 valence electrons. The zero-order valence-corrected chi connectivity index (χ0v) is 28.5. The van der Waals surface area contributed by atoms with Gasteiger partial charge in [0, 0.05) is 38.3 Å². The Hall–Kier alpha value is -7.17. The van der Waals surface area contributed by atoms with Gasteiger partial charge in [-0.3, -0.25) is 8.97 Å². The summed E-state index contributed by atoms with van der Waals surface area (Å²) in [4.78, 5) is 5.48. The lowest BCUT2D eigenvalue weighted by Crippen LogP contribution is -2.00. The molecule has 1 aliphatic carbocycles. The van der Waals surface area contributed by atoms with E-state index in [1.165, 1.54) is 81.9 Å². The third-order valence-electron chi connectivity index (χ3n) is 11.7. The lowest BCUT2D eigenvalue weighted by Gasteiger charge is -2.13. The Morgan fingerprint density at radius 3 is 1.85 bits per heavy atom. The molecule has 8 aromatic carbocycles. The lowest BCUT2D eigenvalue weighted by molar-refractivity contribution is 1.11. The largest absolute Gasteiger partial charge is 0.309 e. The first kappa shape index (κ1) is 27.5. The van der Waals surface area contributed by atoms with Crippen molar-refractivity contribution in [3.05, 3.63) is 170 Å². The van der Waals surface area contributed by atoms with Crippen LogP contribution in [0.2, 0.25) is 0 Å². The van der Waals surface area contributed by atoms with E-state index in [9.17, 15) is 0 Å². The zero-order valence-electron chi connectivity index (χ0n) is 28.5. The molecular weight excluding hydrogens is 645 g/mol. The number of hydrogen-bond acceptors (Lipinski definition) is 1. The summed E-state index contributed by atoms with van der Waals surface area (Å²) in [6, 6.07) is 62.1. The average molecular weight is 673 g/mol. The number of benzene rings is 8. The van der Waals surface area contributed by atoms with E-state index >= 15 is 0 Å². The standard InChI is InChI=1S/C49H28N4/c1-2-14-30(15-3-1)52-41-23-10-6-18-35(41)45-37-25-26-43-46(47(37)48-50-39-21-8-11-24-42(39)53(48)49(45)52)36-19-7-9-22-40(36)51(43)31-27-29-13-12-20-34-32-16-4-5-17-33(32)38(28-31)44(29)34/h1-28H. The van der Waals surface area contributed by atoms with Gasteiger partial charge in [-0.1, -0.05) is 115 Å². The van der Waals surface area contributed by atoms with Crippen LogP contribution in [-0.2, 0) is 0 Å². The van der Waals surface area contributed by atoms with E-state index in [4.69, 9.17) is 4.98 Å². The van der Waals surface area contributed by atoms with Crippen LogP contribution in [0.4, 0.5) is 0 Å². The van der Waals surface area contributed by atoms with Crippen LogP contribution < -0.4 is 0 Å². The van der Waals surface area contributed by atoms with Crippen LogP contribution in [0.1, 0.15) is 0 Å². The molecule has 12 aromatic rings. The highest BCUT2D eigenvalue weighted by Gasteiger charge is 2.26. The molecule has 4 heterocycles. The molecule has 4 aromatic heterocycles. The van der Waals surface area contributed by atoms with Gasteiger partial charge in [-0.05, 0) is 93.0 Å². The Balaban J connectivity index is 1.25. The highest BCUT2D eigenvalue weighted by Crippen LogP contribution is 2.50. The van der Waals surface area contributed by atoms with Gasteiger partial charge in [0.05, 0.1) is 27.6 Å². The molecule has 0 saturated carbocycles. The van der Waals surface area contributed by atoms with Crippen molar-refractivity contribution in [1.29, 1.82) is 0 Å². The number of aromatic nitrogens is 4. The SMILES string of the molecule is c1ccc(-n2c3ccccc3c3c4ccc5c(c6ccccc6n5-c5cc6c7c(cccc7c5)-c5ccccc5-6)c4c4nc5ccccc5n4c32)cc1. The third kappa shape index (κ3) is 3.39. The molecule has 0 spiro atoms. The van der Waals surface area contributed by atoms with E-state index < -0.39 is 0 Å². The monoisotopic (exact) mass is 672 g/mol. The average Bonchev–Trinajstić information content (AvgIpc) is 3.96. The fraction of sp³-hybridized carbons (Fsp3) is 0. The molecule has 4 heteroatoms. The molecule has 1 aliphatic rings. The molecule has 0 amide bonds. The number of rotatable bonds is 2. The summed E-state index contributed by atoms with van der Waals surface area (Å²) in [6.07, 6.45) is 0. The molecule has 0 aliphatic heterocycles. The number of pyridine rings is 1. The van der Waals surface area contributed by atoms with Crippen molar-refractivity contribution in [3.8, 4) is 33.6 Å². The molecule has 4 nitrogen and oxygen atoms in total. The third-order valence-corrected chi connectivity index (χ3v) is 11.7. The van der Waals surface area contributed by atoms with E-state index in [1.54, 1.807) is 0 Å². The van der Waals surface area contributed by atoms with E-state index in [0.717, 1.165) is 33.7 Å². The van der Waals surface area contributed by atoms with Crippen molar-refractivity contribution in [2.75, 3.05) is 0 Å². The Bertz CT molecular complexity index is 3560. The topological polar surface area (TPSA) is 27.2 Å². The number of nitrogens with zero attached hydrogens (tertiary/aromatic N) is 4. The zero-order chi connectivity index (χ0) is 34.4. The second-order valence-corrected chi connectivity index (χ2v) is 14.3. The summed E-state index contributed by atoms with van der Waals surface area (Å²) in [5.41, 5.74) is 15.2. The van der Waals surface area contributed by atoms with Gasteiger partial charge in [0.25, 0.3) is 0 Å². The Morgan fingerprint density at radius 2 is 1.02 bits per heavy atom. The second-order valence-electron chi connectivity index (χ2n) is 14.3. The van der Waals surface area contributed by atoms with Gasteiger partial charge in [0.2, 0.25) is 0 Å². The van der Waals surface area contributed by atoms with E-state index in [2.05, 4.69) is 183 Å². The molecule has 0 unspecified atom stereocenters. The number of fused-ring (bicyclic) bond motifs is 17. The van der Waals surface area contributed by atoms with Crippen LogP contribution in [0.25, 0.3) is 116 Å². The lowest BCUT2D eigenvalue weighted by atomic mass is 10.0. The van der Waals surface area contributed by atoms with Crippen LogP contribution in [0, 0.1) is 0 Å². The molecule has 0 bridgehead atoms. The normalized spacial score (nSPS) is 12.5. The molecular formula is C49H28N4. The summed E-state index contributed by atoms with van der Waals surface area (Å²) in [7, 11) is 0. The van der Waals surface area contributed by atoms with Crippen LogP contribution in [0.3, 0.4) is 0 Å². The summed E-state index contributed by atoms with van der Waals surface area (Å²) in [5.74, 6) is 0. The van der Waals surface area contributed by atoms with Crippen molar-refractivity contribution in [2.45, 2.75) is 0 Å². The van der Waals surface area contributed by atoms with Gasteiger partial charge in [0.15, 0.2) is 0 Å². The first-order chi connectivity index (χ1) is 26.3. The van der Waals surface area contributed by atoms with Crippen molar-refractivity contribution in [3.63, 3.8) is 0 Å². The summed E-state index contributed by atoms with van der Waals surface area (Å²) >= 11 is 0. The summed E-state index contributed by atoms with van der Waals surface area (Å²) < 4.78 is 7.31. The molecule has 0 N–H and O–H groups in total. The minimum Gasteiger partial charge on any atom is -0.309 e. The Labute approximate surface area is 303 Å². The maximum absolute atomic E-state index is 5.48. The fourth-order valence-corrected chi connectivity index (χ4v) is 9.66. The Morgan fingerprint density at radius 1 is 0.358 bits per heavy atom. The van der Waals surface area contributed by atoms with Gasteiger partial charge >= 0.3 is 0 Å². The minimum atomic E-state index is 0.970. The second kappa shape index (κ2) is 9.78. The highest BCUT2D eigenvalue weighted by molar-refractivity contribution is 6.33. The first-order valence-electron chi connectivity index (χ1n) is 18.2. The van der Waals surface area contributed by atoms with Crippen LogP contribution in [0.5, 0.6) is 0 Å². The van der Waals surface area contributed by atoms with Gasteiger partial charge in [-0.15, -0.1) is 0 Å². The van der Waals surface area contributed by atoms with Crippen molar-refractivity contribution < 1.29 is 0 Å². The number of imidazole rings is 1. The van der Waals surface area contributed by atoms with Crippen molar-refractivity contribution >= 4 is 82.0 Å². The van der Waals surface area contributed by atoms with Crippen molar-refractivity contribution in [1.82, 2.24) is 18.5 Å². The van der Waals surface area contributed by atoms with Gasteiger partial charge in [0.1, 0.15) is 11.3 Å². The van der Waals surface area contributed by atoms with E-state index in [-0.39, 0.29) is 0 Å².